The number of aliphatic carboxylic acids is 2. The Kier molecular flexibility index (Phi) is 4.33. The van der Waals surface area contributed by atoms with Crippen molar-refractivity contribution >= 4 is 11.9 Å². The first-order valence-corrected chi connectivity index (χ1v) is 6.04. The quantitative estimate of drug-likeness (QED) is 0.757. The van der Waals surface area contributed by atoms with Crippen molar-refractivity contribution in [3.05, 3.63) is 23.3 Å². The highest BCUT2D eigenvalue weighted by Gasteiger charge is 2.44. The predicted molar refractivity (Wildman–Crippen MR) is 68.1 cm³/mol. The molecule has 100 valence electrons. The van der Waals surface area contributed by atoms with Gasteiger partial charge in [-0.3, -0.25) is 9.59 Å². The maximum absolute atomic E-state index is 11.4. The summed E-state index contributed by atoms with van der Waals surface area (Å²) < 4.78 is 0. The zero-order valence-corrected chi connectivity index (χ0v) is 11.2. The molecule has 0 saturated carbocycles. The van der Waals surface area contributed by atoms with Gasteiger partial charge in [0.1, 0.15) is 0 Å². The Hall–Kier alpha value is -1.58. The van der Waals surface area contributed by atoms with Gasteiger partial charge in [-0.2, -0.15) is 0 Å². The number of allylic oxidation sites excluding steroid dienone is 4. The molecule has 4 nitrogen and oxygen atoms in total. The van der Waals surface area contributed by atoms with E-state index in [2.05, 4.69) is 0 Å². The molecule has 1 aliphatic carbocycles. The molecule has 0 aromatic carbocycles. The first-order chi connectivity index (χ1) is 8.25. The Bertz CT molecular complexity index is 416. The van der Waals surface area contributed by atoms with Gasteiger partial charge in [-0.15, -0.1) is 0 Å². The van der Waals surface area contributed by atoms with Crippen LogP contribution >= 0.6 is 0 Å². The number of hydrogen-bond acceptors (Lipinski definition) is 2. The van der Waals surface area contributed by atoms with E-state index in [9.17, 15) is 19.8 Å². The molecule has 4 heteroatoms. The van der Waals surface area contributed by atoms with E-state index in [0.717, 1.165) is 11.1 Å². The van der Waals surface area contributed by atoms with Crippen LogP contribution in [0, 0.1) is 23.7 Å². The molecule has 0 aromatic rings. The van der Waals surface area contributed by atoms with Crippen LogP contribution in [0.5, 0.6) is 0 Å². The van der Waals surface area contributed by atoms with Gasteiger partial charge >= 0.3 is 11.9 Å². The average molecular weight is 252 g/mol. The smallest absolute Gasteiger partial charge is 0.308 e. The van der Waals surface area contributed by atoms with Gasteiger partial charge in [0.25, 0.3) is 0 Å². The molecule has 18 heavy (non-hydrogen) atoms. The van der Waals surface area contributed by atoms with E-state index in [1.54, 1.807) is 6.92 Å². The number of rotatable bonds is 3. The van der Waals surface area contributed by atoms with Crippen molar-refractivity contribution in [3.8, 4) is 0 Å². The Balaban J connectivity index is 3.29. The molecule has 0 saturated heterocycles. The predicted octanol–water partition coefficient (Wildman–Crippen LogP) is 2.57. The summed E-state index contributed by atoms with van der Waals surface area (Å²) in [6.45, 7) is 7.41. The largest absolute Gasteiger partial charge is 0.481 e. The first kappa shape index (κ1) is 14.5. The van der Waals surface area contributed by atoms with Crippen molar-refractivity contribution in [2.45, 2.75) is 27.7 Å². The van der Waals surface area contributed by atoms with Crippen LogP contribution in [-0.2, 0) is 9.59 Å². The summed E-state index contributed by atoms with van der Waals surface area (Å²) in [6.07, 6.45) is 3.72. The number of carbonyl (C=O) groups is 2. The number of hydrogen-bond donors (Lipinski definition) is 2. The van der Waals surface area contributed by atoms with Crippen LogP contribution in [0.15, 0.2) is 23.3 Å². The Labute approximate surface area is 107 Å². The van der Waals surface area contributed by atoms with E-state index in [4.69, 9.17) is 0 Å². The Morgan fingerprint density at radius 1 is 1.17 bits per heavy atom. The van der Waals surface area contributed by atoms with Crippen molar-refractivity contribution in [1.29, 1.82) is 0 Å². The summed E-state index contributed by atoms with van der Waals surface area (Å²) in [4.78, 5) is 22.7. The van der Waals surface area contributed by atoms with Gasteiger partial charge in [0.2, 0.25) is 0 Å². The van der Waals surface area contributed by atoms with Crippen molar-refractivity contribution in [3.63, 3.8) is 0 Å². The molecule has 1 aliphatic rings. The highest BCUT2D eigenvalue weighted by molar-refractivity contribution is 5.82. The molecule has 2 N–H and O–H groups in total. The second-order valence-corrected chi connectivity index (χ2v) is 5.25. The molecule has 0 unspecified atom stereocenters. The van der Waals surface area contributed by atoms with Gasteiger partial charge in [0.15, 0.2) is 0 Å². The van der Waals surface area contributed by atoms with Crippen LogP contribution in [0.2, 0.25) is 0 Å². The summed E-state index contributed by atoms with van der Waals surface area (Å²) in [7, 11) is 0. The molecule has 0 aromatic heterocycles. The summed E-state index contributed by atoms with van der Waals surface area (Å²) >= 11 is 0. The minimum Gasteiger partial charge on any atom is -0.481 e. The maximum atomic E-state index is 11.4. The van der Waals surface area contributed by atoms with Gasteiger partial charge < -0.3 is 10.2 Å². The summed E-state index contributed by atoms with van der Waals surface area (Å²) in [5.74, 6) is -4.42. The standard InChI is InChI=1S/C14H20O4/c1-7(2)5-10-6-8(3)9(4)11(13(15)16)12(10)14(17)18/h5-6,9-12H,1-4H3,(H,15,16)(H,17,18)/t9-,10-,11+,12-/m0/s1. The third-order valence-corrected chi connectivity index (χ3v) is 3.61. The summed E-state index contributed by atoms with van der Waals surface area (Å²) in [6, 6.07) is 0. The van der Waals surface area contributed by atoms with Crippen LogP contribution in [-0.4, -0.2) is 22.2 Å². The molecule has 1 rings (SSSR count). The van der Waals surface area contributed by atoms with Crippen molar-refractivity contribution in [1.82, 2.24) is 0 Å². The molecular formula is C14H20O4. The number of carboxylic acids is 2. The normalized spacial score (nSPS) is 31.4. The maximum Gasteiger partial charge on any atom is 0.308 e. The fraction of sp³-hybridized carbons (Fsp3) is 0.571. The van der Waals surface area contributed by atoms with Crippen molar-refractivity contribution in [2.24, 2.45) is 23.7 Å². The zero-order valence-electron chi connectivity index (χ0n) is 11.2. The lowest BCUT2D eigenvalue weighted by Crippen LogP contribution is -2.41. The molecule has 0 spiro atoms. The third-order valence-electron chi connectivity index (χ3n) is 3.61. The highest BCUT2D eigenvalue weighted by atomic mass is 16.4. The van der Waals surface area contributed by atoms with Crippen LogP contribution < -0.4 is 0 Å². The van der Waals surface area contributed by atoms with E-state index in [1.165, 1.54) is 0 Å². The Morgan fingerprint density at radius 3 is 2.06 bits per heavy atom. The monoisotopic (exact) mass is 252 g/mol. The minimum absolute atomic E-state index is 0.245. The lowest BCUT2D eigenvalue weighted by atomic mass is 9.67. The lowest BCUT2D eigenvalue weighted by molar-refractivity contribution is -0.157. The second kappa shape index (κ2) is 5.38. The first-order valence-electron chi connectivity index (χ1n) is 6.04. The van der Waals surface area contributed by atoms with Crippen molar-refractivity contribution < 1.29 is 19.8 Å². The van der Waals surface area contributed by atoms with Gasteiger partial charge in [0, 0.05) is 5.92 Å². The third kappa shape index (κ3) is 2.81. The number of carboxylic acid groups (broad SMARTS) is 2. The molecular weight excluding hydrogens is 232 g/mol. The Morgan fingerprint density at radius 2 is 1.67 bits per heavy atom. The summed E-state index contributed by atoms with van der Waals surface area (Å²) in [5, 5.41) is 18.6. The second-order valence-electron chi connectivity index (χ2n) is 5.25. The molecule has 0 bridgehead atoms. The molecule has 0 aliphatic heterocycles. The van der Waals surface area contributed by atoms with E-state index >= 15 is 0 Å². The molecule has 0 radical (unpaired) electrons. The topological polar surface area (TPSA) is 74.6 Å². The highest BCUT2D eigenvalue weighted by Crippen LogP contribution is 2.39. The molecule has 4 atom stereocenters. The molecule has 0 heterocycles. The van der Waals surface area contributed by atoms with E-state index in [1.807, 2.05) is 32.9 Å². The molecule has 0 fully saturated rings. The fourth-order valence-corrected chi connectivity index (χ4v) is 2.62. The van der Waals surface area contributed by atoms with Crippen LogP contribution in [0.4, 0.5) is 0 Å². The van der Waals surface area contributed by atoms with E-state index in [-0.39, 0.29) is 11.8 Å². The van der Waals surface area contributed by atoms with Crippen molar-refractivity contribution in [2.75, 3.05) is 0 Å². The zero-order chi connectivity index (χ0) is 14.0. The fourth-order valence-electron chi connectivity index (χ4n) is 2.62. The minimum atomic E-state index is -1.04. The van der Waals surface area contributed by atoms with Crippen LogP contribution in [0.25, 0.3) is 0 Å². The van der Waals surface area contributed by atoms with Crippen LogP contribution in [0.1, 0.15) is 27.7 Å². The van der Waals surface area contributed by atoms with Gasteiger partial charge in [0.05, 0.1) is 11.8 Å². The summed E-state index contributed by atoms with van der Waals surface area (Å²) in [5.41, 5.74) is 1.94. The average Bonchev–Trinajstić information content (AvgIpc) is 2.20. The van der Waals surface area contributed by atoms with Gasteiger partial charge in [-0.05, 0) is 26.7 Å². The SMILES string of the molecule is CC(C)=C[C@H]1C=C(C)[C@H](C)[C@@H](C(=O)O)[C@H]1C(=O)O. The van der Waals surface area contributed by atoms with Gasteiger partial charge in [-0.1, -0.05) is 30.2 Å². The van der Waals surface area contributed by atoms with Gasteiger partial charge in [-0.25, -0.2) is 0 Å². The van der Waals surface area contributed by atoms with Crippen LogP contribution in [0.3, 0.4) is 0 Å². The molecule has 0 amide bonds. The van der Waals surface area contributed by atoms with E-state index in [0.29, 0.717) is 0 Å². The lowest BCUT2D eigenvalue weighted by Gasteiger charge is -2.35. The van der Waals surface area contributed by atoms with E-state index < -0.39 is 23.8 Å².